The fraction of sp³-hybridized carbons (Fsp3) is 0.562. The summed E-state index contributed by atoms with van der Waals surface area (Å²) in [6, 6.07) is 4.86. The van der Waals surface area contributed by atoms with Gasteiger partial charge in [-0.2, -0.15) is 0 Å². The number of hydrogen-bond acceptors (Lipinski definition) is 2. The van der Waals surface area contributed by atoms with Crippen LogP contribution in [-0.4, -0.2) is 34.1 Å². The van der Waals surface area contributed by atoms with Gasteiger partial charge >= 0.3 is 0 Å². The van der Waals surface area contributed by atoms with Gasteiger partial charge in [-0.25, -0.2) is 4.39 Å². The highest BCUT2D eigenvalue weighted by Crippen LogP contribution is 2.35. The Balaban J connectivity index is 1.94. The average Bonchev–Trinajstić information content (AvgIpc) is 2.37. The minimum absolute atomic E-state index is 0.0593. The van der Waals surface area contributed by atoms with E-state index < -0.39 is 5.82 Å². The number of aryl methyl sites for hydroxylation is 1. The molecule has 1 aromatic carbocycles. The summed E-state index contributed by atoms with van der Waals surface area (Å²) in [6.45, 7) is 1.77. The van der Waals surface area contributed by atoms with Crippen LogP contribution in [0.4, 0.5) is 4.39 Å². The largest absolute Gasteiger partial charge is 0.393 e. The fourth-order valence-electron chi connectivity index (χ4n) is 3.72. The molecular weight excluding hydrogens is 257 g/mol. The molecule has 0 saturated carbocycles. The third kappa shape index (κ3) is 2.22. The van der Waals surface area contributed by atoms with E-state index in [2.05, 4.69) is 0 Å². The SMILES string of the molecule is Cc1cccc(F)c1C(=O)N1[C@@H]2CCC[C@H]1CC(O)C2. The molecule has 2 aliphatic heterocycles. The van der Waals surface area contributed by atoms with Crippen LogP contribution in [0.1, 0.15) is 48.0 Å². The Labute approximate surface area is 118 Å². The highest BCUT2D eigenvalue weighted by atomic mass is 19.1. The van der Waals surface area contributed by atoms with Gasteiger partial charge in [0.05, 0.1) is 11.7 Å². The minimum Gasteiger partial charge on any atom is -0.393 e. The van der Waals surface area contributed by atoms with Crippen molar-refractivity contribution in [1.82, 2.24) is 4.90 Å². The van der Waals surface area contributed by atoms with Gasteiger partial charge in [-0.3, -0.25) is 4.79 Å². The molecule has 0 radical (unpaired) electrons. The first-order valence-electron chi connectivity index (χ1n) is 7.33. The van der Waals surface area contributed by atoms with E-state index in [1.54, 1.807) is 19.1 Å². The summed E-state index contributed by atoms with van der Waals surface area (Å²) in [5, 5.41) is 9.88. The van der Waals surface area contributed by atoms with Crippen molar-refractivity contribution in [3.63, 3.8) is 0 Å². The van der Waals surface area contributed by atoms with Gasteiger partial charge in [-0.05, 0) is 50.7 Å². The number of aliphatic hydroxyl groups excluding tert-OH is 1. The fourth-order valence-corrected chi connectivity index (χ4v) is 3.72. The van der Waals surface area contributed by atoms with Gasteiger partial charge in [0.25, 0.3) is 5.91 Å². The van der Waals surface area contributed by atoms with Crippen molar-refractivity contribution in [2.75, 3.05) is 0 Å². The zero-order chi connectivity index (χ0) is 14.3. The van der Waals surface area contributed by atoms with E-state index in [-0.39, 0.29) is 29.7 Å². The molecular formula is C16H20FNO2. The number of carbonyl (C=O) groups is 1. The maximum absolute atomic E-state index is 14.0. The smallest absolute Gasteiger partial charge is 0.257 e. The van der Waals surface area contributed by atoms with Gasteiger partial charge in [-0.1, -0.05) is 12.1 Å². The van der Waals surface area contributed by atoms with Crippen molar-refractivity contribution in [1.29, 1.82) is 0 Å². The number of aliphatic hydroxyl groups is 1. The molecule has 108 valence electrons. The number of amides is 1. The van der Waals surface area contributed by atoms with Crippen molar-refractivity contribution in [2.45, 2.75) is 57.2 Å². The van der Waals surface area contributed by atoms with Gasteiger partial charge in [0.15, 0.2) is 0 Å². The van der Waals surface area contributed by atoms with Crippen LogP contribution in [0, 0.1) is 12.7 Å². The highest BCUT2D eigenvalue weighted by molar-refractivity contribution is 5.96. The first-order chi connectivity index (χ1) is 9.58. The third-order valence-corrected chi connectivity index (χ3v) is 4.62. The van der Waals surface area contributed by atoms with Gasteiger partial charge in [0.2, 0.25) is 0 Å². The van der Waals surface area contributed by atoms with Crippen molar-refractivity contribution in [3.05, 3.63) is 35.1 Å². The monoisotopic (exact) mass is 277 g/mol. The number of halogens is 1. The van der Waals surface area contributed by atoms with Gasteiger partial charge in [0.1, 0.15) is 5.82 Å². The lowest BCUT2D eigenvalue weighted by Gasteiger charge is -2.48. The van der Waals surface area contributed by atoms with E-state index in [9.17, 15) is 14.3 Å². The molecule has 3 nitrogen and oxygen atoms in total. The van der Waals surface area contributed by atoms with Crippen LogP contribution in [-0.2, 0) is 0 Å². The summed E-state index contributed by atoms with van der Waals surface area (Å²) in [4.78, 5) is 14.6. The second-order valence-electron chi connectivity index (χ2n) is 6.01. The molecule has 0 aromatic heterocycles. The molecule has 3 atom stereocenters. The summed E-state index contributed by atoms with van der Waals surface area (Å²) in [5.41, 5.74) is 0.875. The molecule has 4 heteroatoms. The van der Waals surface area contributed by atoms with Crippen molar-refractivity contribution < 1.29 is 14.3 Å². The molecule has 1 aromatic rings. The van der Waals surface area contributed by atoms with Crippen LogP contribution in [0.5, 0.6) is 0 Å². The lowest BCUT2D eigenvalue weighted by atomic mass is 9.82. The Morgan fingerprint density at radius 2 is 1.95 bits per heavy atom. The molecule has 2 aliphatic rings. The van der Waals surface area contributed by atoms with Crippen molar-refractivity contribution >= 4 is 5.91 Å². The van der Waals surface area contributed by atoms with Crippen LogP contribution in [0.25, 0.3) is 0 Å². The number of hydrogen-bond donors (Lipinski definition) is 1. The van der Waals surface area contributed by atoms with E-state index in [1.165, 1.54) is 6.07 Å². The Bertz CT molecular complexity index is 497. The molecule has 3 rings (SSSR count). The Morgan fingerprint density at radius 1 is 1.30 bits per heavy atom. The maximum Gasteiger partial charge on any atom is 0.257 e. The zero-order valence-corrected chi connectivity index (χ0v) is 11.7. The Hall–Kier alpha value is -1.42. The molecule has 0 spiro atoms. The Morgan fingerprint density at radius 3 is 2.55 bits per heavy atom. The number of rotatable bonds is 1. The summed E-state index contributed by atoms with van der Waals surface area (Å²) >= 11 is 0. The van der Waals surface area contributed by atoms with Crippen LogP contribution < -0.4 is 0 Å². The van der Waals surface area contributed by atoms with E-state index in [1.807, 2.05) is 4.90 Å². The first kappa shape index (κ1) is 13.6. The highest BCUT2D eigenvalue weighted by Gasteiger charge is 2.41. The normalized spacial score (nSPS) is 29.4. The topological polar surface area (TPSA) is 40.5 Å². The maximum atomic E-state index is 14.0. The van der Waals surface area contributed by atoms with Gasteiger partial charge < -0.3 is 10.0 Å². The predicted octanol–water partition coefficient (Wildman–Crippen LogP) is 2.65. The van der Waals surface area contributed by atoms with Crippen LogP contribution in [0.2, 0.25) is 0 Å². The number of nitrogens with zero attached hydrogens (tertiary/aromatic N) is 1. The molecule has 20 heavy (non-hydrogen) atoms. The lowest BCUT2D eigenvalue weighted by molar-refractivity contribution is -0.0153. The van der Waals surface area contributed by atoms with Crippen molar-refractivity contribution in [3.8, 4) is 0 Å². The molecule has 1 unspecified atom stereocenters. The molecule has 2 fully saturated rings. The zero-order valence-electron chi connectivity index (χ0n) is 11.7. The van der Waals surface area contributed by atoms with E-state index in [0.717, 1.165) is 19.3 Å². The summed E-state index contributed by atoms with van der Waals surface area (Å²) in [7, 11) is 0. The molecule has 0 aliphatic carbocycles. The standard InChI is InChI=1S/C16H20FNO2/c1-10-4-2-7-14(17)15(10)16(20)18-11-5-3-6-12(18)9-13(19)8-11/h2,4,7,11-13,19H,3,5-6,8-9H2,1H3/t11-,12+,13?. The lowest BCUT2D eigenvalue weighted by Crippen LogP contribution is -2.56. The second-order valence-corrected chi connectivity index (χ2v) is 6.01. The predicted molar refractivity (Wildman–Crippen MR) is 74.0 cm³/mol. The second kappa shape index (κ2) is 5.17. The number of carbonyl (C=O) groups excluding carboxylic acids is 1. The molecule has 2 bridgehead atoms. The van der Waals surface area contributed by atoms with Crippen LogP contribution in [0.15, 0.2) is 18.2 Å². The van der Waals surface area contributed by atoms with E-state index in [0.29, 0.717) is 18.4 Å². The van der Waals surface area contributed by atoms with E-state index >= 15 is 0 Å². The van der Waals surface area contributed by atoms with Crippen molar-refractivity contribution in [2.24, 2.45) is 0 Å². The number of piperidine rings is 2. The molecule has 2 heterocycles. The molecule has 2 saturated heterocycles. The summed E-state index contributed by atoms with van der Waals surface area (Å²) < 4.78 is 14.0. The van der Waals surface area contributed by atoms with Gasteiger partial charge in [-0.15, -0.1) is 0 Å². The average molecular weight is 277 g/mol. The number of benzene rings is 1. The van der Waals surface area contributed by atoms with Crippen LogP contribution in [0.3, 0.4) is 0 Å². The number of fused-ring (bicyclic) bond motifs is 2. The third-order valence-electron chi connectivity index (χ3n) is 4.62. The summed E-state index contributed by atoms with van der Waals surface area (Å²) in [5.74, 6) is -0.651. The first-order valence-corrected chi connectivity index (χ1v) is 7.33. The Kier molecular flexibility index (Phi) is 3.50. The summed E-state index contributed by atoms with van der Waals surface area (Å²) in [6.07, 6.45) is 3.82. The molecule has 1 amide bonds. The van der Waals surface area contributed by atoms with Crippen LogP contribution >= 0.6 is 0 Å². The quantitative estimate of drug-likeness (QED) is 0.857. The molecule has 1 N–H and O–H groups in total. The minimum atomic E-state index is -0.445. The van der Waals surface area contributed by atoms with E-state index in [4.69, 9.17) is 0 Å². The van der Waals surface area contributed by atoms with Gasteiger partial charge in [0, 0.05) is 12.1 Å².